The van der Waals surface area contributed by atoms with Gasteiger partial charge in [0.2, 0.25) is 5.95 Å². The molecule has 0 unspecified atom stereocenters. The molecule has 39 heavy (non-hydrogen) atoms. The standard InChI is InChI=1S/C28H32FN7O3/c1-27-8-3-9-28(2,35-27)23(29)21(13-27)36(17-5-6-17)26-31-15-20(33-34-26)18-7-4-16(12-22(18)37)19-14-30-24-25(32-19)39-11-10-38-24/h4,7,12,14-15,17,21,23,35,37H,3,5-6,8-11,13H2,1-2H3/t21-,23-,27-,28+/m1/s1. The Morgan fingerprint density at radius 2 is 1.82 bits per heavy atom. The first-order chi connectivity index (χ1) is 18.8. The lowest BCUT2D eigenvalue weighted by Crippen LogP contribution is -2.73. The van der Waals surface area contributed by atoms with Gasteiger partial charge in [-0.05, 0) is 64.5 Å². The Kier molecular flexibility index (Phi) is 5.62. The van der Waals surface area contributed by atoms with Gasteiger partial charge >= 0.3 is 0 Å². The van der Waals surface area contributed by atoms with Gasteiger partial charge in [-0.2, -0.15) is 0 Å². The van der Waals surface area contributed by atoms with Crippen LogP contribution in [0.15, 0.2) is 30.6 Å². The molecule has 2 N–H and O–H groups in total. The van der Waals surface area contributed by atoms with Crippen LogP contribution in [0.25, 0.3) is 22.5 Å². The number of phenolic OH excluding ortho intramolecular Hbond substituents is 1. The fourth-order valence-electron chi connectivity index (χ4n) is 6.57. The van der Waals surface area contributed by atoms with Gasteiger partial charge in [-0.15, -0.1) is 10.2 Å². The van der Waals surface area contributed by atoms with E-state index in [0.29, 0.717) is 59.9 Å². The van der Waals surface area contributed by atoms with Gasteiger partial charge in [0.15, 0.2) is 0 Å². The van der Waals surface area contributed by atoms with Gasteiger partial charge in [-0.1, -0.05) is 6.07 Å². The molecule has 7 rings (SSSR count). The summed E-state index contributed by atoms with van der Waals surface area (Å²) in [6.45, 7) is 5.07. The van der Waals surface area contributed by atoms with E-state index in [-0.39, 0.29) is 23.4 Å². The van der Waals surface area contributed by atoms with E-state index in [0.717, 1.165) is 32.1 Å². The number of nitrogens with zero attached hydrogens (tertiary/aromatic N) is 6. The van der Waals surface area contributed by atoms with E-state index in [2.05, 4.69) is 42.3 Å². The Morgan fingerprint density at radius 1 is 1.03 bits per heavy atom. The highest BCUT2D eigenvalue weighted by Crippen LogP contribution is 2.46. The molecule has 2 saturated heterocycles. The Balaban J connectivity index is 1.15. The lowest BCUT2D eigenvalue weighted by Gasteiger charge is -2.57. The van der Waals surface area contributed by atoms with Crippen molar-refractivity contribution < 1.29 is 19.0 Å². The number of aromatic hydroxyl groups is 1. The molecule has 1 aromatic carbocycles. The maximum absolute atomic E-state index is 16.0. The first-order valence-corrected chi connectivity index (χ1v) is 13.7. The van der Waals surface area contributed by atoms with Gasteiger partial charge in [0.1, 0.15) is 30.8 Å². The topological polar surface area (TPSA) is 118 Å². The third-order valence-corrected chi connectivity index (χ3v) is 8.54. The van der Waals surface area contributed by atoms with E-state index in [1.165, 1.54) is 0 Å². The van der Waals surface area contributed by atoms with Gasteiger partial charge in [0.25, 0.3) is 11.8 Å². The Bertz CT molecular complexity index is 1400. The van der Waals surface area contributed by atoms with E-state index >= 15 is 4.39 Å². The molecule has 5 heterocycles. The molecule has 3 fully saturated rings. The van der Waals surface area contributed by atoms with Crippen molar-refractivity contribution in [2.75, 3.05) is 18.1 Å². The molecule has 11 heteroatoms. The van der Waals surface area contributed by atoms with Crippen LogP contribution < -0.4 is 19.7 Å². The number of rotatable bonds is 5. The maximum atomic E-state index is 16.0. The first-order valence-electron chi connectivity index (χ1n) is 13.7. The van der Waals surface area contributed by atoms with Crippen LogP contribution in [0.1, 0.15) is 52.4 Å². The molecule has 0 radical (unpaired) electrons. The summed E-state index contributed by atoms with van der Waals surface area (Å²) in [5, 5.41) is 23.3. The largest absolute Gasteiger partial charge is 0.507 e. The molecule has 4 aliphatic rings. The molecule has 4 atom stereocenters. The number of piperidine rings is 2. The molecule has 10 nitrogen and oxygen atoms in total. The highest BCUT2D eigenvalue weighted by atomic mass is 19.1. The number of hydrogen-bond acceptors (Lipinski definition) is 10. The van der Waals surface area contributed by atoms with Crippen LogP contribution in [0, 0.1) is 0 Å². The predicted octanol–water partition coefficient (Wildman–Crippen LogP) is 3.84. The van der Waals surface area contributed by atoms with Gasteiger partial charge in [-0.25, -0.2) is 19.3 Å². The molecule has 1 saturated carbocycles. The van der Waals surface area contributed by atoms with Crippen molar-refractivity contribution in [3.8, 4) is 40.0 Å². The Hall–Kier alpha value is -3.60. The second-order valence-corrected chi connectivity index (χ2v) is 11.7. The van der Waals surface area contributed by atoms with Crippen LogP contribution in [0.2, 0.25) is 0 Å². The fraction of sp³-hybridized carbons (Fsp3) is 0.536. The quantitative estimate of drug-likeness (QED) is 0.501. The van der Waals surface area contributed by atoms with Crippen molar-refractivity contribution in [2.24, 2.45) is 0 Å². The van der Waals surface area contributed by atoms with Crippen molar-refractivity contribution >= 4 is 5.95 Å². The van der Waals surface area contributed by atoms with Gasteiger partial charge < -0.3 is 24.8 Å². The molecule has 2 bridgehead atoms. The molecule has 3 aromatic rings. The number of nitrogens with one attached hydrogen (secondary N) is 1. The lowest BCUT2D eigenvalue weighted by molar-refractivity contribution is 0.0000874. The summed E-state index contributed by atoms with van der Waals surface area (Å²) in [6.07, 6.45) is 7.76. The molecular formula is C28H32FN7O3. The summed E-state index contributed by atoms with van der Waals surface area (Å²) >= 11 is 0. The molecule has 0 spiro atoms. The molecule has 2 aromatic heterocycles. The van der Waals surface area contributed by atoms with Crippen LogP contribution in [-0.4, -0.2) is 72.8 Å². The van der Waals surface area contributed by atoms with Crippen molar-refractivity contribution in [2.45, 2.75) is 81.7 Å². The van der Waals surface area contributed by atoms with Crippen LogP contribution in [0.5, 0.6) is 17.5 Å². The van der Waals surface area contributed by atoms with Crippen LogP contribution in [-0.2, 0) is 0 Å². The van der Waals surface area contributed by atoms with E-state index < -0.39 is 11.7 Å². The number of benzene rings is 1. The summed E-state index contributed by atoms with van der Waals surface area (Å²) in [4.78, 5) is 15.4. The van der Waals surface area contributed by atoms with Gasteiger partial charge in [0.05, 0.1) is 24.1 Å². The lowest BCUT2D eigenvalue weighted by atomic mass is 9.68. The summed E-state index contributed by atoms with van der Waals surface area (Å²) in [7, 11) is 0. The zero-order chi connectivity index (χ0) is 26.8. The van der Waals surface area contributed by atoms with Gasteiger partial charge in [0, 0.05) is 28.2 Å². The minimum absolute atomic E-state index is 0.0166. The third-order valence-electron chi connectivity index (χ3n) is 8.54. The third kappa shape index (κ3) is 4.32. The van der Waals surface area contributed by atoms with Crippen molar-refractivity contribution in [1.82, 2.24) is 30.5 Å². The highest BCUT2D eigenvalue weighted by molar-refractivity contribution is 5.72. The number of halogens is 1. The number of fused-ring (bicyclic) bond motifs is 3. The Labute approximate surface area is 226 Å². The van der Waals surface area contributed by atoms with Crippen LogP contribution in [0.4, 0.5) is 10.3 Å². The fourth-order valence-corrected chi connectivity index (χ4v) is 6.57. The smallest absolute Gasteiger partial charge is 0.278 e. The van der Waals surface area contributed by atoms with E-state index in [1.54, 1.807) is 24.5 Å². The van der Waals surface area contributed by atoms with Crippen LogP contribution in [0.3, 0.4) is 0 Å². The molecule has 204 valence electrons. The van der Waals surface area contributed by atoms with Crippen molar-refractivity contribution in [3.63, 3.8) is 0 Å². The summed E-state index contributed by atoms with van der Waals surface area (Å²) in [5.41, 5.74) is 1.50. The normalized spacial score (nSPS) is 29.6. The molecular weight excluding hydrogens is 501 g/mol. The number of alkyl halides is 1. The van der Waals surface area contributed by atoms with Crippen LogP contribution >= 0.6 is 0 Å². The van der Waals surface area contributed by atoms with E-state index in [4.69, 9.17) is 9.47 Å². The number of aromatic nitrogens is 5. The molecule has 3 aliphatic heterocycles. The maximum Gasteiger partial charge on any atom is 0.278 e. The highest BCUT2D eigenvalue weighted by Gasteiger charge is 2.56. The van der Waals surface area contributed by atoms with Crippen molar-refractivity contribution in [1.29, 1.82) is 0 Å². The second-order valence-electron chi connectivity index (χ2n) is 11.7. The monoisotopic (exact) mass is 533 g/mol. The number of ether oxygens (including phenoxy) is 2. The van der Waals surface area contributed by atoms with Crippen molar-refractivity contribution in [3.05, 3.63) is 30.6 Å². The summed E-state index contributed by atoms with van der Waals surface area (Å²) < 4.78 is 27.0. The second kappa shape index (κ2) is 8.97. The van der Waals surface area contributed by atoms with E-state index in [9.17, 15) is 5.11 Å². The van der Waals surface area contributed by atoms with E-state index in [1.807, 2.05) is 13.0 Å². The zero-order valence-corrected chi connectivity index (χ0v) is 22.1. The van der Waals surface area contributed by atoms with Gasteiger partial charge in [-0.3, -0.25) is 0 Å². The Morgan fingerprint density at radius 3 is 2.56 bits per heavy atom. The average Bonchev–Trinajstić information content (AvgIpc) is 3.77. The minimum Gasteiger partial charge on any atom is -0.507 e. The average molecular weight is 534 g/mol. The minimum atomic E-state index is -1.03. The number of hydrogen-bond donors (Lipinski definition) is 2. The zero-order valence-electron chi connectivity index (χ0n) is 22.1. The molecule has 0 amide bonds. The molecule has 1 aliphatic carbocycles. The number of phenols is 1. The summed E-state index contributed by atoms with van der Waals surface area (Å²) in [5.74, 6) is 1.17. The summed E-state index contributed by atoms with van der Waals surface area (Å²) in [6, 6.07) is 5.10. The first kappa shape index (κ1) is 24.4. The number of anilines is 1. The predicted molar refractivity (Wildman–Crippen MR) is 142 cm³/mol. The SMILES string of the molecule is C[C@]12CCC[C@](C)(N1)[C@H](F)[C@H](N(c1ncc(-c3ccc(-c4cnc5c(n4)OCCO5)cc3O)nn1)C1CC1)C2.